The number of non-ortho nitro benzene ring substituents is 1. The van der Waals surface area contributed by atoms with E-state index < -0.39 is 40.0 Å². The van der Waals surface area contributed by atoms with Gasteiger partial charge < -0.3 is 10.1 Å². The number of amides is 1. The molecule has 0 aliphatic heterocycles. The minimum atomic E-state index is -3.74. The first kappa shape index (κ1) is 18.5. The van der Waals surface area contributed by atoms with Gasteiger partial charge >= 0.3 is 5.97 Å². The van der Waals surface area contributed by atoms with Crippen molar-refractivity contribution in [1.82, 2.24) is 9.62 Å². The number of nitrogens with one attached hydrogen (secondary N) is 1. The maximum atomic E-state index is 11.9. The van der Waals surface area contributed by atoms with Crippen molar-refractivity contribution in [3.05, 3.63) is 39.9 Å². The van der Waals surface area contributed by atoms with E-state index >= 15 is 0 Å². The maximum Gasteiger partial charge on any atom is 0.321 e. The van der Waals surface area contributed by atoms with Gasteiger partial charge in [-0.3, -0.25) is 19.7 Å². The number of ether oxygens (including phenoxy) is 1. The quantitative estimate of drug-likeness (QED) is 0.310. The van der Waals surface area contributed by atoms with Crippen LogP contribution in [0, 0.1) is 10.1 Å². The van der Waals surface area contributed by atoms with Crippen molar-refractivity contribution in [2.75, 3.05) is 26.6 Å². The topological polar surface area (TPSA) is 136 Å². The maximum absolute atomic E-state index is 11.9. The average molecular weight is 345 g/mol. The molecule has 0 aliphatic carbocycles. The lowest BCUT2D eigenvalue weighted by molar-refractivity contribution is -0.384. The van der Waals surface area contributed by atoms with Crippen molar-refractivity contribution in [1.29, 1.82) is 0 Å². The Morgan fingerprint density at radius 1 is 1.30 bits per heavy atom. The molecule has 0 atom stereocenters. The Bertz CT molecular complexity index is 700. The number of esters is 1. The smallest absolute Gasteiger partial charge is 0.321 e. The van der Waals surface area contributed by atoms with E-state index in [2.05, 4.69) is 10.1 Å². The summed E-state index contributed by atoms with van der Waals surface area (Å²) in [7, 11) is -2.63. The molecule has 1 amide bonds. The zero-order chi connectivity index (χ0) is 17.6. The van der Waals surface area contributed by atoms with Gasteiger partial charge in [0.1, 0.15) is 6.54 Å². The summed E-state index contributed by atoms with van der Waals surface area (Å²) in [6, 6.07) is 4.77. The largest absolute Gasteiger partial charge is 0.468 e. The van der Waals surface area contributed by atoms with Crippen LogP contribution in [0.2, 0.25) is 0 Å². The van der Waals surface area contributed by atoms with E-state index in [-0.39, 0.29) is 11.3 Å². The van der Waals surface area contributed by atoms with E-state index in [1.54, 1.807) is 0 Å². The molecule has 10 nitrogen and oxygen atoms in total. The molecule has 0 aromatic heterocycles. The van der Waals surface area contributed by atoms with Gasteiger partial charge in [-0.15, -0.1) is 0 Å². The molecule has 11 heteroatoms. The Morgan fingerprint density at radius 3 is 2.30 bits per heavy atom. The lowest BCUT2D eigenvalue weighted by Gasteiger charge is -2.19. The van der Waals surface area contributed by atoms with Crippen LogP contribution in [0.3, 0.4) is 0 Å². The first-order valence-corrected chi connectivity index (χ1v) is 8.04. The van der Waals surface area contributed by atoms with Gasteiger partial charge in [0, 0.05) is 17.7 Å². The fourth-order valence-electron chi connectivity index (χ4n) is 1.50. The standard InChI is InChI=1S/C12H15N3O7S/c1-22-11(16)7-14(23(2,20)21)8-13-12(17)9-3-5-10(6-4-9)15(18)19/h3-6H,7-8H2,1-2H3,(H,13,17). The molecule has 23 heavy (non-hydrogen) atoms. The molecule has 1 rings (SSSR count). The average Bonchev–Trinajstić information content (AvgIpc) is 2.49. The molecule has 0 fully saturated rings. The number of hydrogen-bond donors (Lipinski definition) is 1. The highest BCUT2D eigenvalue weighted by Crippen LogP contribution is 2.11. The fourth-order valence-corrected chi connectivity index (χ4v) is 2.13. The summed E-state index contributed by atoms with van der Waals surface area (Å²) in [5.74, 6) is -1.42. The van der Waals surface area contributed by atoms with E-state index in [9.17, 15) is 28.1 Å². The molecule has 126 valence electrons. The highest BCUT2D eigenvalue weighted by atomic mass is 32.2. The van der Waals surface area contributed by atoms with Crippen molar-refractivity contribution in [2.45, 2.75) is 0 Å². The van der Waals surface area contributed by atoms with Crippen molar-refractivity contribution in [3.63, 3.8) is 0 Å². The van der Waals surface area contributed by atoms with Crippen LogP contribution < -0.4 is 5.32 Å². The zero-order valence-corrected chi connectivity index (χ0v) is 13.2. The molecule has 1 aromatic carbocycles. The third-order valence-corrected chi connectivity index (χ3v) is 3.95. The number of carbonyl (C=O) groups is 2. The van der Waals surface area contributed by atoms with Crippen molar-refractivity contribution < 1.29 is 27.7 Å². The first-order valence-electron chi connectivity index (χ1n) is 6.19. The Kier molecular flexibility index (Phi) is 6.16. The van der Waals surface area contributed by atoms with Gasteiger partial charge in [-0.1, -0.05) is 0 Å². The lowest BCUT2D eigenvalue weighted by atomic mass is 10.2. The summed E-state index contributed by atoms with van der Waals surface area (Å²) >= 11 is 0. The summed E-state index contributed by atoms with van der Waals surface area (Å²) < 4.78 is 28.2. The third kappa shape index (κ3) is 5.64. The second kappa shape index (κ2) is 7.65. The Hall–Kier alpha value is -2.53. The zero-order valence-electron chi connectivity index (χ0n) is 12.4. The SMILES string of the molecule is COC(=O)CN(CNC(=O)c1ccc([N+](=O)[O-])cc1)S(C)(=O)=O. The van der Waals surface area contributed by atoms with Crippen LogP contribution in [0.15, 0.2) is 24.3 Å². The van der Waals surface area contributed by atoms with Crippen molar-refractivity contribution >= 4 is 27.6 Å². The Balaban J connectivity index is 2.75. The predicted molar refractivity (Wildman–Crippen MR) is 79.0 cm³/mol. The van der Waals surface area contributed by atoms with E-state index in [1.807, 2.05) is 0 Å². The van der Waals surface area contributed by atoms with Gasteiger partial charge in [-0.25, -0.2) is 8.42 Å². The number of nitro groups is 1. The minimum Gasteiger partial charge on any atom is -0.468 e. The third-order valence-electron chi connectivity index (χ3n) is 2.76. The van der Waals surface area contributed by atoms with Crippen LogP contribution in [0.4, 0.5) is 5.69 Å². The number of nitrogens with zero attached hydrogens (tertiary/aromatic N) is 2. The monoisotopic (exact) mass is 345 g/mol. The fraction of sp³-hybridized carbons (Fsp3) is 0.333. The van der Waals surface area contributed by atoms with Crippen LogP contribution in [0.25, 0.3) is 0 Å². The van der Waals surface area contributed by atoms with Crippen LogP contribution in [0.5, 0.6) is 0 Å². The van der Waals surface area contributed by atoms with Crippen molar-refractivity contribution in [3.8, 4) is 0 Å². The number of nitro benzene ring substituents is 1. The molecule has 1 aromatic rings. The van der Waals surface area contributed by atoms with Gasteiger partial charge in [0.25, 0.3) is 11.6 Å². The Morgan fingerprint density at radius 2 is 1.87 bits per heavy atom. The van der Waals surface area contributed by atoms with Crippen LogP contribution in [0.1, 0.15) is 10.4 Å². The van der Waals surface area contributed by atoms with Crippen LogP contribution >= 0.6 is 0 Å². The molecule has 0 heterocycles. The summed E-state index contributed by atoms with van der Waals surface area (Å²) in [5, 5.41) is 12.8. The van der Waals surface area contributed by atoms with Gasteiger partial charge in [0.15, 0.2) is 0 Å². The van der Waals surface area contributed by atoms with Crippen LogP contribution in [-0.4, -0.2) is 56.1 Å². The molecule has 0 radical (unpaired) electrons. The molecule has 0 unspecified atom stereocenters. The normalized spacial score (nSPS) is 11.1. The molecule has 0 saturated carbocycles. The number of carbonyl (C=O) groups excluding carboxylic acids is 2. The number of rotatable bonds is 7. The highest BCUT2D eigenvalue weighted by Gasteiger charge is 2.21. The summed E-state index contributed by atoms with van der Waals surface area (Å²) in [5.41, 5.74) is -0.0628. The summed E-state index contributed by atoms with van der Waals surface area (Å²) in [6.45, 7) is -0.986. The van der Waals surface area contributed by atoms with Gasteiger partial charge in [0.05, 0.1) is 25.0 Å². The van der Waals surface area contributed by atoms with Gasteiger partial charge in [-0.05, 0) is 12.1 Å². The van der Waals surface area contributed by atoms with Crippen molar-refractivity contribution in [2.24, 2.45) is 0 Å². The minimum absolute atomic E-state index is 0.113. The molecule has 1 N–H and O–H groups in total. The Labute approximate surface area is 132 Å². The number of hydrogen-bond acceptors (Lipinski definition) is 7. The van der Waals surface area contributed by atoms with Crippen LogP contribution in [-0.2, 0) is 19.6 Å². The summed E-state index contributed by atoms with van der Waals surface area (Å²) in [4.78, 5) is 33.0. The van der Waals surface area contributed by atoms with E-state index in [0.717, 1.165) is 29.8 Å². The number of sulfonamides is 1. The predicted octanol–water partition coefficient (Wildman–Crippen LogP) is -0.283. The molecule has 0 spiro atoms. The molecule has 0 bridgehead atoms. The second-order valence-corrected chi connectivity index (χ2v) is 6.40. The number of benzene rings is 1. The van der Waals surface area contributed by atoms with Gasteiger partial charge in [-0.2, -0.15) is 4.31 Å². The van der Waals surface area contributed by atoms with Gasteiger partial charge in [0.2, 0.25) is 10.0 Å². The molecular weight excluding hydrogens is 330 g/mol. The van der Waals surface area contributed by atoms with E-state index in [4.69, 9.17) is 0 Å². The molecular formula is C12H15N3O7S. The van der Waals surface area contributed by atoms with E-state index in [0.29, 0.717) is 0 Å². The lowest BCUT2D eigenvalue weighted by Crippen LogP contribution is -2.43. The number of methoxy groups -OCH3 is 1. The molecule has 0 aliphatic rings. The molecule has 0 saturated heterocycles. The highest BCUT2D eigenvalue weighted by molar-refractivity contribution is 7.88. The van der Waals surface area contributed by atoms with E-state index in [1.165, 1.54) is 12.1 Å². The first-order chi connectivity index (χ1) is 10.6. The second-order valence-electron chi connectivity index (χ2n) is 4.42. The summed E-state index contributed by atoms with van der Waals surface area (Å²) in [6.07, 6.45) is 0.883.